The van der Waals surface area contributed by atoms with Gasteiger partial charge in [0.15, 0.2) is 10.9 Å². The average molecular weight is 464 g/mol. The zero-order valence-corrected chi connectivity index (χ0v) is 19.3. The van der Waals surface area contributed by atoms with Crippen LogP contribution in [0.1, 0.15) is 43.5 Å². The maximum Gasteiger partial charge on any atom is 0.186 e. The van der Waals surface area contributed by atoms with Crippen molar-refractivity contribution in [2.45, 2.75) is 37.5 Å². The van der Waals surface area contributed by atoms with Crippen LogP contribution >= 0.6 is 24.2 Å². The molecular weight excluding hydrogens is 437 g/mol. The van der Waals surface area contributed by atoms with Crippen molar-refractivity contribution in [3.8, 4) is 0 Å². The Hall–Kier alpha value is -1.96. The Morgan fingerprint density at radius 2 is 1.97 bits per heavy atom. The van der Waals surface area contributed by atoms with Crippen molar-refractivity contribution in [1.29, 1.82) is 0 Å². The molecule has 4 rings (SSSR count). The first-order valence-corrected chi connectivity index (χ1v) is 11.2. The first-order chi connectivity index (χ1) is 14.4. The van der Waals surface area contributed by atoms with Gasteiger partial charge < -0.3 is 0 Å². The van der Waals surface area contributed by atoms with Gasteiger partial charge >= 0.3 is 0 Å². The zero-order chi connectivity index (χ0) is 21.3. The minimum Gasteiger partial charge on any atom is -0.297 e. The van der Waals surface area contributed by atoms with E-state index >= 15 is 0 Å². The predicted molar refractivity (Wildman–Crippen MR) is 124 cm³/mol. The van der Waals surface area contributed by atoms with E-state index in [0.29, 0.717) is 18.7 Å². The summed E-state index contributed by atoms with van der Waals surface area (Å²) in [5, 5.41) is 4.34. The van der Waals surface area contributed by atoms with Crippen LogP contribution in [0.3, 0.4) is 0 Å². The highest BCUT2D eigenvalue weighted by molar-refractivity contribution is 8.14. The maximum absolute atomic E-state index is 14.7. The Labute approximate surface area is 192 Å². The summed E-state index contributed by atoms with van der Waals surface area (Å²) in [6, 6.07) is 7.92. The van der Waals surface area contributed by atoms with Gasteiger partial charge in [-0.3, -0.25) is 19.2 Å². The predicted octanol–water partition coefficient (Wildman–Crippen LogP) is 4.44. The molecule has 1 saturated heterocycles. The number of carbonyl (C=O) groups is 2. The Balaban J connectivity index is 0.00000272. The number of piperidine rings is 1. The molecule has 1 aliphatic carbocycles. The summed E-state index contributed by atoms with van der Waals surface area (Å²) < 4.78 is 16.5. The van der Waals surface area contributed by atoms with Gasteiger partial charge in [-0.25, -0.2) is 4.39 Å². The summed E-state index contributed by atoms with van der Waals surface area (Å²) in [7, 11) is 1.87. The van der Waals surface area contributed by atoms with E-state index < -0.39 is 6.04 Å². The molecule has 166 valence electrons. The Morgan fingerprint density at radius 1 is 1.23 bits per heavy atom. The van der Waals surface area contributed by atoms with Crippen molar-refractivity contribution < 1.29 is 14.0 Å². The van der Waals surface area contributed by atoms with Crippen molar-refractivity contribution in [3.63, 3.8) is 0 Å². The molecule has 2 fully saturated rings. The lowest BCUT2D eigenvalue weighted by Crippen LogP contribution is -2.43. The summed E-state index contributed by atoms with van der Waals surface area (Å²) in [5.74, 6) is -0.199. The highest BCUT2D eigenvalue weighted by Gasteiger charge is 2.41. The second-order valence-electron chi connectivity index (χ2n) is 8.06. The van der Waals surface area contributed by atoms with Gasteiger partial charge in [-0.1, -0.05) is 30.0 Å². The molecule has 1 aromatic carbocycles. The number of carbonyl (C=O) groups excluding carboxylic acids is 2. The highest BCUT2D eigenvalue weighted by Crippen LogP contribution is 2.40. The zero-order valence-electron chi connectivity index (χ0n) is 17.7. The standard InChI is InChI=1S/C23H26FN3O2S.ClH/c1-15(28)30-21-10-12-27(14-17(21)13-18-9-11-25-26(18)2)22(23(29)16-7-8-16)19-5-3-4-6-20(19)24;/h3-6,9,11,13,16,21-22H,7-8,10,12,14H2,1-2H3;1H/b17-13+;. The molecule has 5 nitrogen and oxygen atoms in total. The Morgan fingerprint density at radius 3 is 2.58 bits per heavy atom. The minimum atomic E-state index is -0.586. The van der Waals surface area contributed by atoms with Gasteiger partial charge in [0, 0.05) is 50.0 Å². The number of thioether (sulfide) groups is 1. The van der Waals surface area contributed by atoms with E-state index in [1.165, 1.54) is 17.8 Å². The minimum absolute atomic E-state index is 0. The molecule has 0 spiro atoms. The number of ketones is 1. The summed E-state index contributed by atoms with van der Waals surface area (Å²) in [4.78, 5) is 27.1. The van der Waals surface area contributed by atoms with E-state index in [1.807, 2.05) is 13.1 Å². The van der Waals surface area contributed by atoms with E-state index in [9.17, 15) is 14.0 Å². The topological polar surface area (TPSA) is 55.2 Å². The quantitative estimate of drug-likeness (QED) is 0.634. The molecular formula is C23H27ClFN3O2S. The van der Waals surface area contributed by atoms with E-state index in [1.54, 1.807) is 36.0 Å². The van der Waals surface area contributed by atoms with E-state index in [0.717, 1.165) is 30.5 Å². The lowest BCUT2D eigenvalue weighted by atomic mass is 9.93. The molecule has 0 N–H and O–H groups in total. The monoisotopic (exact) mass is 463 g/mol. The van der Waals surface area contributed by atoms with E-state index in [2.05, 4.69) is 16.1 Å². The summed E-state index contributed by atoms with van der Waals surface area (Å²) in [6.07, 6.45) is 6.30. The largest absolute Gasteiger partial charge is 0.297 e. The third-order valence-electron chi connectivity index (χ3n) is 5.79. The molecule has 2 atom stereocenters. The number of likely N-dealkylation sites (tertiary alicyclic amines) is 1. The molecule has 1 aliphatic heterocycles. The van der Waals surface area contributed by atoms with Crippen molar-refractivity contribution >= 4 is 41.1 Å². The Kier molecular flexibility index (Phi) is 7.73. The average Bonchev–Trinajstić information content (AvgIpc) is 3.48. The normalized spacial score (nSPS) is 21.5. The number of rotatable bonds is 6. The molecule has 2 aromatic rings. The van der Waals surface area contributed by atoms with Gasteiger partial charge in [-0.15, -0.1) is 12.4 Å². The van der Waals surface area contributed by atoms with Crippen molar-refractivity contribution in [2.75, 3.05) is 13.1 Å². The summed E-state index contributed by atoms with van der Waals surface area (Å²) in [5.41, 5.74) is 2.46. The van der Waals surface area contributed by atoms with Crippen LogP contribution in [0.4, 0.5) is 4.39 Å². The van der Waals surface area contributed by atoms with Crippen LogP contribution in [0.25, 0.3) is 6.08 Å². The number of halogens is 2. The number of aromatic nitrogens is 2. The fourth-order valence-electron chi connectivity index (χ4n) is 4.11. The maximum atomic E-state index is 14.7. The third kappa shape index (κ3) is 5.45. The Bertz CT molecular complexity index is 989. The van der Waals surface area contributed by atoms with Crippen LogP contribution in [0.15, 0.2) is 42.1 Å². The number of Topliss-reactive ketones (excluding diaryl/α,β-unsaturated/α-hetero) is 1. The summed E-state index contributed by atoms with van der Waals surface area (Å²) >= 11 is 1.33. The lowest BCUT2D eigenvalue weighted by molar-refractivity contribution is -0.126. The van der Waals surface area contributed by atoms with Crippen LogP contribution in [0.5, 0.6) is 0 Å². The number of aryl methyl sites for hydroxylation is 1. The van der Waals surface area contributed by atoms with Crippen LogP contribution in [-0.4, -0.2) is 43.9 Å². The first kappa shape index (κ1) is 23.7. The number of hydrogen-bond acceptors (Lipinski definition) is 5. The van der Waals surface area contributed by atoms with Crippen LogP contribution in [-0.2, 0) is 16.6 Å². The van der Waals surface area contributed by atoms with Crippen LogP contribution in [0, 0.1) is 11.7 Å². The van der Waals surface area contributed by atoms with Gasteiger partial charge in [0.05, 0.1) is 11.7 Å². The molecule has 0 radical (unpaired) electrons. The SMILES string of the molecule is CC(=O)SC1CCN(C(C(=O)C2CC2)c2ccccc2F)C/C1=C\c1ccnn1C.Cl. The molecule has 1 saturated carbocycles. The van der Waals surface area contributed by atoms with Crippen LogP contribution in [0.2, 0.25) is 0 Å². The second-order valence-corrected chi connectivity index (χ2v) is 9.44. The molecule has 8 heteroatoms. The smallest absolute Gasteiger partial charge is 0.186 e. The number of nitrogens with zero attached hydrogens (tertiary/aromatic N) is 3. The summed E-state index contributed by atoms with van der Waals surface area (Å²) in [6.45, 7) is 2.75. The third-order valence-corrected chi connectivity index (χ3v) is 6.95. The first-order valence-electron chi connectivity index (χ1n) is 10.3. The van der Waals surface area contributed by atoms with Gasteiger partial charge in [0.2, 0.25) is 0 Å². The molecule has 2 aliphatic rings. The van der Waals surface area contributed by atoms with E-state index in [4.69, 9.17) is 0 Å². The van der Waals surface area contributed by atoms with Crippen molar-refractivity contribution in [1.82, 2.24) is 14.7 Å². The molecule has 0 amide bonds. The fourth-order valence-corrected chi connectivity index (χ4v) is 5.03. The molecule has 2 heterocycles. The lowest BCUT2D eigenvalue weighted by Gasteiger charge is -2.38. The highest BCUT2D eigenvalue weighted by atomic mass is 35.5. The van der Waals surface area contributed by atoms with Gasteiger partial charge in [0.25, 0.3) is 0 Å². The van der Waals surface area contributed by atoms with Crippen molar-refractivity contribution in [3.05, 3.63) is 59.2 Å². The van der Waals surface area contributed by atoms with E-state index in [-0.39, 0.29) is 40.3 Å². The van der Waals surface area contributed by atoms with Crippen molar-refractivity contribution in [2.24, 2.45) is 13.0 Å². The molecule has 0 bridgehead atoms. The molecule has 31 heavy (non-hydrogen) atoms. The molecule has 2 unspecified atom stereocenters. The molecule has 1 aromatic heterocycles. The van der Waals surface area contributed by atoms with Gasteiger partial charge in [-0.05, 0) is 43.0 Å². The van der Waals surface area contributed by atoms with Gasteiger partial charge in [-0.2, -0.15) is 5.10 Å². The number of hydrogen-bond donors (Lipinski definition) is 0. The van der Waals surface area contributed by atoms with Crippen LogP contribution < -0.4 is 0 Å². The number of benzene rings is 1. The fraction of sp³-hybridized carbons (Fsp3) is 0.435. The second kappa shape index (κ2) is 10.1. The van der Waals surface area contributed by atoms with Gasteiger partial charge in [0.1, 0.15) is 5.82 Å².